The lowest BCUT2D eigenvalue weighted by molar-refractivity contribution is -0.0972. The molecule has 1 aliphatic heterocycles. The van der Waals surface area contributed by atoms with Crippen LogP contribution in [0.1, 0.15) is 106 Å². The van der Waals surface area contributed by atoms with E-state index in [9.17, 15) is 14.4 Å². The molecule has 2 fully saturated rings. The monoisotopic (exact) mass is 696 g/mol. The van der Waals surface area contributed by atoms with E-state index in [1.54, 1.807) is 73.3 Å². The highest BCUT2D eigenvalue weighted by molar-refractivity contribution is 5.83. The van der Waals surface area contributed by atoms with Gasteiger partial charge in [-0.05, 0) is 106 Å². The minimum Gasteiger partial charge on any atom is -0.444 e. The lowest BCUT2D eigenvalue weighted by atomic mass is 9.84. The van der Waals surface area contributed by atoms with Crippen LogP contribution in [-0.2, 0) is 25.4 Å². The zero-order valence-corrected chi connectivity index (χ0v) is 31.1. The van der Waals surface area contributed by atoms with Crippen LogP contribution in [0.5, 0.6) is 0 Å². The normalized spacial score (nSPS) is 19.4. The average Bonchev–Trinajstić information content (AvgIpc) is 3.32. The molecule has 2 heterocycles. The summed E-state index contributed by atoms with van der Waals surface area (Å²) in [6, 6.07) is 3.63. The van der Waals surface area contributed by atoms with Crippen molar-refractivity contribution in [3.05, 3.63) is 23.4 Å². The van der Waals surface area contributed by atoms with Crippen molar-refractivity contribution in [2.24, 2.45) is 11.8 Å². The van der Waals surface area contributed by atoms with Crippen LogP contribution in [0.4, 0.5) is 29.0 Å². The zero-order chi connectivity index (χ0) is 36.8. The van der Waals surface area contributed by atoms with Crippen molar-refractivity contribution in [2.75, 3.05) is 38.1 Å². The number of aromatic nitrogens is 1. The van der Waals surface area contributed by atoms with Gasteiger partial charge in [-0.15, -0.1) is 0 Å². The average molecular weight is 697 g/mol. The van der Waals surface area contributed by atoms with Crippen LogP contribution in [0.25, 0.3) is 0 Å². The summed E-state index contributed by atoms with van der Waals surface area (Å²) in [5.74, 6) is -3.77. The molecule has 1 N–H and O–H groups in total. The molecule has 1 aromatic rings. The predicted octanol–water partition coefficient (Wildman–Crippen LogP) is 7.98. The second-order valence-corrected chi connectivity index (χ2v) is 16.4. The number of aryl methyl sites for hydroxylation is 1. The Hall–Kier alpha value is -3.22. The number of likely N-dealkylation sites (tertiary alicyclic amines) is 1. The molecule has 3 amide bonds. The highest BCUT2D eigenvalue weighted by Crippen LogP contribution is 2.37. The Kier molecular flexibility index (Phi) is 13.3. The Morgan fingerprint density at radius 3 is 2.10 bits per heavy atom. The van der Waals surface area contributed by atoms with Gasteiger partial charge in [0.15, 0.2) is 0 Å². The molecule has 0 bridgehead atoms. The van der Waals surface area contributed by atoms with Crippen molar-refractivity contribution in [2.45, 2.75) is 137 Å². The number of alkyl halides is 2. The number of carbonyl (C=O) groups is 3. The highest BCUT2D eigenvalue weighted by Gasteiger charge is 2.43. The van der Waals surface area contributed by atoms with Gasteiger partial charge in [0, 0.05) is 30.6 Å². The van der Waals surface area contributed by atoms with Gasteiger partial charge in [0.25, 0.3) is 5.92 Å². The summed E-state index contributed by atoms with van der Waals surface area (Å²) in [6.45, 7) is 17.2. The number of carbonyl (C=O) groups excluding carboxylic acids is 3. The van der Waals surface area contributed by atoms with E-state index >= 15 is 8.78 Å². The van der Waals surface area contributed by atoms with E-state index in [1.807, 2.05) is 13.0 Å². The van der Waals surface area contributed by atoms with Crippen LogP contribution in [-0.4, -0.2) is 94.7 Å². The maximum absolute atomic E-state index is 15.5. The second kappa shape index (κ2) is 16.2. The maximum Gasteiger partial charge on any atom is 0.413 e. The molecule has 278 valence electrons. The molecule has 0 radical (unpaired) electrons. The summed E-state index contributed by atoms with van der Waals surface area (Å²) in [6.07, 6.45) is 1.26. The van der Waals surface area contributed by atoms with Crippen molar-refractivity contribution in [3.63, 3.8) is 0 Å². The summed E-state index contributed by atoms with van der Waals surface area (Å²) >= 11 is 0. The zero-order valence-electron chi connectivity index (χ0n) is 31.1. The molecule has 1 aliphatic carbocycles. The summed E-state index contributed by atoms with van der Waals surface area (Å²) < 4.78 is 53.8. The first kappa shape index (κ1) is 40.2. The molecule has 1 saturated carbocycles. The fourth-order valence-electron chi connectivity index (χ4n) is 6.07. The van der Waals surface area contributed by atoms with Gasteiger partial charge in [-0.3, -0.25) is 10.2 Å². The largest absolute Gasteiger partial charge is 0.444 e. The minimum atomic E-state index is -3.07. The van der Waals surface area contributed by atoms with Crippen LogP contribution in [0.15, 0.2) is 12.1 Å². The molecule has 2 aliphatic rings. The first-order chi connectivity index (χ1) is 22.5. The van der Waals surface area contributed by atoms with E-state index in [1.165, 1.54) is 0 Å². The second-order valence-electron chi connectivity index (χ2n) is 16.4. The Morgan fingerprint density at radius 2 is 1.51 bits per heavy atom. The number of halogens is 2. The molecule has 0 spiro atoms. The van der Waals surface area contributed by atoms with E-state index in [2.05, 4.69) is 10.3 Å². The molecule has 3 rings (SSSR count). The van der Waals surface area contributed by atoms with Crippen LogP contribution < -0.4 is 5.32 Å². The Labute approximate surface area is 290 Å². The van der Waals surface area contributed by atoms with E-state index < -0.39 is 59.6 Å². The van der Waals surface area contributed by atoms with Crippen molar-refractivity contribution in [3.8, 4) is 0 Å². The predicted molar refractivity (Wildman–Crippen MR) is 183 cm³/mol. The summed E-state index contributed by atoms with van der Waals surface area (Å²) in [4.78, 5) is 45.9. The molecule has 0 unspecified atom stereocenters. The SMILES string of the molecule is Cc1cc(C[C@@H]2CN(C(=O)OC(C)(C)C)C[C@@H]2OCCN(CC(F)(F)C2CCCCC2)C(=O)OC(C)(C)C)nc(NC(=O)OC(C)(C)C)c1. The molecule has 13 heteroatoms. The van der Waals surface area contributed by atoms with Gasteiger partial charge in [0.05, 0.1) is 25.8 Å². The molecular weight excluding hydrogens is 638 g/mol. The molecule has 11 nitrogen and oxygen atoms in total. The maximum atomic E-state index is 15.5. The Balaban J connectivity index is 1.77. The summed E-state index contributed by atoms with van der Waals surface area (Å²) in [5.41, 5.74) is -0.718. The van der Waals surface area contributed by atoms with Crippen LogP contribution in [0.2, 0.25) is 0 Å². The number of ether oxygens (including phenoxy) is 4. The van der Waals surface area contributed by atoms with E-state index in [4.69, 9.17) is 18.9 Å². The van der Waals surface area contributed by atoms with Crippen molar-refractivity contribution >= 4 is 24.1 Å². The van der Waals surface area contributed by atoms with Gasteiger partial charge >= 0.3 is 18.3 Å². The van der Waals surface area contributed by atoms with Crippen LogP contribution in [0, 0.1) is 18.8 Å². The number of hydrogen-bond donors (Lipinski definition) is 1. The van der Waals surface area contributed by atoms with E-state index in [0.717, 1.165) is 29.7 Å². The van der Waals surface area contributed by atoms with Gasteiger partial charge in [-0.2, -0.15) is 0 Å². The molecule has 1 aromatic heterocycles. The highest BCUT2D eigenvalue weighted by atomic mass is 19.3. The standard InChI is InChI=1S/C36H58F2N4O7/c1-24-18-27(39-29(19-24)40-30(43)47-33(2,3)4)20-25-21-42(32(45)49-35(8,9)10)22-28(25)46-17-16-41(31(44)48-34(5,6)7)23-36(37,38)26-14-12-11-13-15-26/h18-19,25-26,28H,11-17,20-23H2,1-10H3,(H,39,40,43)/t25-,28+/m1/s1. The lowest BCUT2D eigenvalue weighted by Gasteiger charge is -2.35. The molecule has 0 aromatic carbocycles. The molecule has 49 heavy (non-hydrogen) atoms. The van der Waals surface area contributed by atoms with Crippen molar-refractivity contribution in [1.82, 2.24) is 14.8 Å². The third kappa shape index (κ3) is 13.9. The number of nitrogens with one attached hydrogen (secondary N) is 1. The number of pyridine rings is 1. The molecule has 1 saturated heterocycles. The quantitative estimate of drug-likeness (QED) is 0.245. The van der Waals surface area contributed by atoms with Crippen LogP contribution >= 0.6 is 0 Å². The first-order valence-electron chi connectivity index (χ1n) is 17.4. The Bertz CT molecular complexity index is 1280. The first-order valence-corrected chi connectivity index (χ1v) is 17.4. The van der Waals surface area contributed by atoms with E-state index in [-0.39, 0.29) is 25.6 Å². The third-order valence-corrected chi connectivity index (χ3v) is 8.10. The smallest absolute Gasteiger partial charge is 0.413 e. The summed E-state index contributed by atoms with van der Waals surface area (Å²) in [5, 5.41) is 2.69. The van der Waals surface area contributed by atoms with Crippen molar-refractivity contribution < 1.29 is 42.1 Å². The molecular formula is C36H58F2N4O7. The number of amides is 3. The van der Waals surface area contributed by atoms with E-state index in [0.29, 0.717) is 37.3 Å². The molecule has 2 atom stereocenters. The number of anilines is 1. The lowest BCUT2D eigenvalue weighted by Crippen LogP contribution is -2.48. The van der Waals surface area contributed by atoms with Crippen molar-refractivity contribution in [1.29, 1.82) is 0 Å². The summed E-state index contributed by atoms with van der Waals surface area (Å²) in [7, 11) is 0. The fraction of sp³-hybridized carbons (Fsp3) is 0.778. The minimum absolute atomic E-state index is 0.0456. The number of rotatable bonds is 10. The van der Waals surface area contributed by atoms with Gasteiger partial charge in [-0.1, -0.05) is 19.3 Å². The fourth-order valence-corrected chi connectivity index (χ4v) is 6.07. The number of hydrogen-bond acceptors (Lipinski definition) is 8. The Morgan fingerprint density at radius 1 is 0.898 bits per heavy atom. The van der Waals surface area contributed by atoms with Gasteiger partial charge in [0.2, 0.25) is 0 Å². The topological polar surface area (TPSA) is 120 Å². The number of nitrogens with zero attached hydrogens (tertiary/aromatic N) is 3. The van der Waals surface area contributed by atoms with Gasteiger partial charge in [-0.25, -0.2) is 28.1 Å². The van der Waals surface area contributed by atoms with Gasteiger partial charge < -0.3 is 23.8 Å². The van der Waals surface area contributed by atoms with Crippen LogP contribution in [0.3, 0.4) is 0 Å². The third-order valence-electron chi connectivity index (χ3n) is 8.10. The van der Waals surface area contributed by atoms with Gasteiger partial charge in [0.1, 0.15) is 22.6 Å².